The van der Waals surface area contributed by atoms with Crippen LogP contribution in [-0.4, -0.2) is 11.8 Å². The van der Waals surface area contributed by atoms with Gasteiger partial charge in [0, 0.05) is 25.8 Å². The van der Waals surface area contributed by atoms with Crippen molar-refractivity contribution >= 4 is 11.8 Å². The highest BCUT2D eigenvalue weighted by Crippen LogP contribution is 2.27. The number of carbonyl (C=O) groups is 2. The van der Waals surface area contributed by atoms with E-state index >= 15 is 0 Å². The Morgan fingerprint density at radius 1 is 1.20 bits per heavy atom. The Balaban J connectivity index is 3.24. The molecular weight excluding hydrogens is 252 g/mol. The minimum atomic E-state index is -1.49. The van der Waals surface area contributed by atoms with Crippen molar-refractivity contribution in [3.63, 3.8) is 0 Å². The number of esters is 1. The number of benzene rings is 1. The first-order chi connectivity index (χ1) is 9.53. The predicted octanol–water partition coefficient (Wildman–Crippen LogP) is 3.23. The summed E-state index contributed by atoms with van der Waals surface area (Å²) >= 11 is 0. The standard InChI is InChI=1S/C17H20O3/c1-4-5-6-10-13-17(14(2)18,20-15(3)19)16-11-8-7-9-12-16/h7-9,11-12H,4-6H2,1-3H3. The normalized spacial score (nSPS) is 12.8. The minimum absolute atomic E-state index is 0.289. The van der Waals surface area contributed by atoms with Crippen molar-refractivity contribution in [3.05, 3.63) is 35.9 Å². The molecule has 3 nitrogen and oxygen atoms in total. The van der Waals surface area contributed by atoms with Crippen LogP contribution in [0.15, 0.2) is 30.3 Å². The van der Waals surface area contributed by atoms with E-state index in [0.29, 0.717) is 12.0 Å². The number of ether oxygens (including phenoxy) is 1. The van der Waals surface area contributed by atoms with Crippen LogP contribution in [0.1, 0.15) is 45.6 Å². The molecule has 0 radical (unpaired) electrons. The second kappa shape index (κ2) is 7.49. The molecule has 0 saturated carbocycles. The molecule has 20 heavy (non-hydrogen) atoms. The van der Waals surface area contributed by atoms with E-state index in [1.54, 1.807) is 24.3 Å². The molecule has 0 aliphatic heterocycles. The van der Waals surface area contributed by atoms with Crippen molar-refractivity contribution in [2.45, 2.75) is 45.6 Å². The van der Waals surface area contributed by atoms with Crippen molar-refractivity contribution in [1.29, 1.82) is 0 Å². The van der Waals surface area contributed by atoms with Gasteiger partial charge in [0.1, 0.15) is 0 Å². The number of Topliss-reactive ketones (excluding diaryl/α,β-unsaturated/α-hetero) is 1. The van der Waals surface area contributed by atoms with Crippen LogP contribution in [0, 0.1) is 11.8 Å². The van der Waals surface area contributed by atoms with Gasteiger partial charge in [-0.05, 0) is 12.3 Å². The molecule has 1 aromatic rings. The van der Waals surface area contributed by atoms with Gasteiger partial charge in [0.05, 0.1) is 0 Å². The topological polar surface area (TPSA) is 43.4 Å². The Morgan fingerprint density at radius 2 is 1.85 bits per heavy atom. The first-order valence-electron chi connectivity index (χ1n) is 6.79. The summed E-state index contributed by atoms with van der Waals surface area (Å²) in [6, 6.07) is 8.93. The fraction of sp³-hybridized carbons (Fsp3) is 0.412. The highest BCUT2D eigenvalue weighted by Gasteiger charge is 2.39. The van der Waals surface area contributed by atoms with Gasteiger partial charge in [-0.2, -0.15) is 0 Å². The molecule has 0 heterocycles. The average molecular weight is 272 g/mol. The van der Waals surface area contributed by atoms with Gasteiger partial charge in [0.15, 0.2) is 5.78 Å². The third kappa shape index (κ3) is 3.96. The van der Waals surface area contributed by atoms with E-state index in [4.69, 9.17) is 4.74 Å². The quantitative estimate of drug-likeness (QED) is 0.469. The zero-order chi connectivity index (χ0) is 15.0. The molecule has 1 unspecified atom stereocenters. The van der Waals surface area contributed by atoms with Crippen molar-refractivity contribution in [3.8, 4) is 11.8 Å². The molecule has 1 atom stereocenters. The second-order valence-electron chi connectivity index (χ2n) is 4.60. The first-order valence-corrected chi connectivity index (χ1v) is 6.79. The summed E-state index contributed by atoms with van der Waals surface area (Å²) in [5.74, 6) is 5.03. The second-order valence-corrected chi connectivity index (χ2v) is 4.60. The highest BCUT2D eigenvalue weighted by atomic mass is 16.6. The molecule has 1 aromatic carbocycles. The number of ketones is 1. The van der Waals surface area contributed by atoms with Gasteiger partial charge in [-0.15, -0.1) is 0 Å². The summed E-state index contributed by atoms with van der Waals surface area (Å²) in [5.41, 5.74) is -0.896. The molecule has 0 amide bonds. The lowest BCUT2D eigenvalue weighted by atomic mass is 9.90. The number of hydrogen-bond acceptors (Lipinski definition) is 3. The molecule has 1 rings (SSSR count). The fourth-order valence-corrected chi connectivity index (χ4v) is 1.86. The Bertz CT molecular complexity index is 522. The molecule has 0 bridgehead atoms. The lowest BCUT2D eigenvalue weighted by Crippen LogP contribution is -2.37. The van der Waals surface area contributed by atoms with Crippen molar-refractivity contribution in [1.82, 2.24) is 0 Å². The Labute approximate surface area is 120 Å². The molecular formula is C17H20O3. The van der Waals surface area contributed by atoms with E-state index in [2.05, 4.69) is 18.8 Å². The zero-order valence-corrected chi connectivity index (χ0v) is 12.2. The van der Waals surface area contributed by atoms with Gasteiger partial charge in [-0.3, -0.25) is 9.59 Å². The van der Waals surface area contributed by atoms with Gasteiger partial charge in [-0.1, -0.05) is 49.6 Å². The smallest absolute Gasteiger partial charge is 0.304 e. The lowest BCUT2D eigenvalue weighted by Gasteiger charge is -2.25. The van der Waals surface area contributed by atoms with E-state index in [0.717, 1.165) is 12.8 Å². The summed E-state index contributed by atoms with van der Waals surface area (Å²) in [4.78, 5) is 23.5. The van der Waals surface area contributed by atoms with Gasteiger partial charge < -0.3 is 4.74 Å². The summed E-state index contributed by atoms with van der Waals surface area (Å²) in [6.07, 6.45) is 2.66. The molecule has 0 fully saturated rings. The van der Waals surface area contributed by atoms with Crippen LogP contribution in [0.3, 0.4) is 0 Å². The molecule has 106 valence electrons. The van der Waals surface area contributed by atoms with E-state index in [9.17, 15) is 9.59 Å². The van der Waals surface area contributed by atoms with E-state index in [-0.39, 0.29) is 5.78 Å². The predicted molar refractivity (Wildman–Crippen MR) is 77.9 cm³/mol. The Morgan fingerprint density at radius 3 is 2.35 bits per heavy atom. The maximum Gasteiger partial charge on any atom is 0.304 e. The maximum absolute atomic E-state index is 12.1. The van der Waals surface area contributed by atoms with Crippen molar-refractivity contribution in [2.24, 2.45) is 0 Å². The summed E-state index contributed by atoms with van der Waals surface area (Å²) in [7, 11) is 0. The molecule has 0 saturated heterocycles. The maximum atomic E-state index is 12.1. The van der Waals surface area contributed by atoms with Gasteiger partial charge in [-0.25, -0.2) is 0 Å². The molecule has 0 aromatic heterocycles. The van der Waals surface area contributed by atoms with Gasteiger partial charge in [0.2, 0.25) is 0 Å². The number of unbranched alkanes of at least 4 members (excludes halogenated alkanes) is 2. The van der Waals surface area contributed by atoms with Crippen LogP contribution in [0.5, 0.6) is 0 Å². The third-order valence-electron chi connectivity index (χ3n) is 2.89. The fourth-order valence-electron chi connectivity index (χ4n) is 1.86. The Kier molecular flexibility index (Phi) is 5.99. The van der Waals surface area contributed by atoms with Crippen LogP contribution in [0.2, 0.25) is 0 Å². The largest absolute Gasteiger partial charge is 0.434 e. The minimum Gasteiger partial charge on any atom is -0.434 e. The SMILES string of the molecule is CCCCC#CC(OC(C)=O)(C(C)=O)c1ccccc1. The van der Waals surface area contributed by atoms with Crippen molar-refractivity contribution < 1.29 is 14.3 Å². The average Bonchev–Trinajstić information content (AvgIpc) is 2.42. The number of rotatable bonds is 5. The molecule has 0 N–H and O–H groups in total. The number of carbonyl (C=O) groups excluding carboxylic acids is 2. The van der Waals surface area contributed by atoms with Crippen LogP contribution < -0.4 is 0 Å². The van der Waals surface area contributed by atoms with Crippen LogP contribution in [0.4, 0.5) is 0 Å². The summed E-state index contributed by atoms with van der Waals surface area (Å²) in [6.45, 7) is 4.75. The number of hydrogen-bond donors (Lipinski definition) is 0. The summed E-state index contributed by atoms with van der Waals surface area (Å²) < 4.78 is 5.30. The highest BCUT2D eigenvalue weighted by molar-refractivity contribution is 5.92. The molecule has 0 aliphatic carbocycles. The zero-order valence-electron chi connectivity index (χ0n) is 12.2. The lowest BCUT2D eigenvalue weighted by molar-refractivity contribution is -0.159. The van der Waals surface area contributed by atoms with E-state index < -0.39 is 11.6 Å². The van der Waals surface area contributed by atoms with E-state index in [1.165, 1.54) is 13.8 Å². The van der Waals surface area contributed by atoms with Gasteiger partial charge in [0.25, 0.3) is 5.60 Å². The Hall–Kier alpha value is -2.08. The monoisotopic (exact) mass is 272 g/mol. The van der Waals surface area contributed by atoms with Gasteiger partial charge >= 0.3 is 5.97 Å². The molecule has 3 heteroatoms. The molecule has 0 spiro atoms. The van der Waals surface area contributed by atoms with Crippen LogP contribution >= 0.6 is 0 Å². The van der Waals surface area contributed by atoms with Crippen molar-refractivity contribution in [2.75, 3.05) is 0 Å². The first kappa shape index (κ1) is 16.0. The molecule has 0 aliphatic rings. The van der Waals surface area contributed by atoms with Crippen LogP contribution in [-0.2, 0) is 19.9 Å². The summed E-state index contributed by atoms with van der Waals surface area (Å²) in [5, 5.41) is 0. The van der Waals surface area contributed by atoms with Crippen LogP contribution in [0.25, 0.3) is 0 Å². The third-order valence-corrected chi connectivity index (χ3v) is 2.89. The van der Waals surface area contributed by atoms with E-state index in [1.807, 2.05) is 6.07 Å².